The Kier molecular flexibility index (Phi) is 3.79. The van der Waals surface area contributed by atoms with Crippen LogP contribution >= 0.6 is 0 Å². The summed E-state index contributed by atoms with van der Waals surface area (Å²) in [6.07, 6.45) is 0. The number of amides is 1. The van der Waals surface area contributed by atoms with Gasteiger partial charge in [0.1, 0.15) is 5.82 Å². The van der Waals surface area contributed by atoms with E-state index < -0.39 is 17.7 Å². The minimum atomic E-state index is -1.39. The van der Waals surface area contributed by atoms with Gasteiger partial charge in [-0.05, 0) is 30.7 Å². The first kappa shape index (κ1) is 13.7. The number of carboxylic acids is 1. The number of carbonyl (C=O) groups is 2. The van der Waals surface area contributed by atoms with Crippen LogP contribution in [0.25, 0.3) is 0 Å². The lowest BCUT2D eigenvalue weighted by Gasteiger charge is -2.14. The summed E-state index contributed by atoms with van der Waals surface area (Å²) in [5, 5.41) is 13.5. The molecule has 2 aromatic carbocycles. The zero-order valence-corrected chi connectivity index (χ0v) is 10.6. The first-order valence-corrected chi connectivity index (χ1v) is 5.87. The van der Waals surface area contributed by atoms with Gasteiger partial charge in [0, 0.05) is 11.1 Å². The molecule has 4 nitrogen and oxygen atoms in total. The van der Waals surface area contributed by atoms with Crippen LogP contribution in [0.2, 0.25) is 0 Å². The van der Waals surface area contributed by atoms with Gasteiger partial charge in [0.2, 0.25) is 0 Å². The third-order valence-corrected chi connectivity index (χ3v) is 2.82. The molecule has 2 rings (SSSR count). The van der Waals surface area contributed by atoms with Gasteiger partial charge in [-0.3, -0.25) is 4.79 Å². The van der Waals surface area contributed by atoms with Crippen molar-refractivity contribution in [2.24, 2.45) is 0 Å². The van der Waals surface area contributed by atoms with E-state index in [2.05, 4.69) is 5.32 Å². The molecule has 20 heavy (non-hydrogen) atoms. The van der Waals surface area contributed by atoms with Crippen LogP contribution in [0.5, 0.6) is 0 Å². The average Bonchev–Trinajstić information content (AvgIpc) is 2.40. The number of halogens is 1. The molecule has 5 heteroatoms. The molecular formula is C15H11FNO3-. The van der Waals surface area contributed by atoms with Crippen molar-refractivity contribution in [1.29, 1.82) is 0 Å². The number of benzene rings is 2. The van der Waals surface area contributed by atoms with Crippen LogP contribution in [0.1, 0.15) is 26.3 Å². The Morgan fingerprint density at radius 3 is 2.50 bits per heavy atom. The number of aromatic carboxylic acids is 1. The predicted molar refractivity (Wildman–Crippen MR) is 69.9 cm³/mol. The first-order chi connectivity index (χ1) is 9.49. The molecule has 0 unspecified atom stereocenters. The summed E-state index contributed by atoms with van der Waals surface area (Å²) >= 11 is 0. The Morgan fingerprint density at radius 1 is 1.15 bits per heavy atom. The quantitative estimate of drug-likeness (QED) is 0.925. The van der Waals surface area contributed by atoms with Crippen molar-refractivity contribution >= 4 is 17.6 Å². The standard InChI is InChI=1S/C15H12FNO3/c1-9-4-2-7-12(15(19)20)13(9)17-14(18)10-5-3-6-11(16)8-10/h2-8H,1H3,(H,17,18)(H,19,20)/p-1. The van der Waals surface area contributed by atoms with E-state index in [1.54, 1.807) is 19.1 Å². The molecule has 102 valence electrons. The number of rotatable bonds is 3. The van der Waals surface area contributed by atoms with Gasteiger partial charge in [-0.2, -0.15) is 0 Å². The highest BCUT2D eigenvalue weighted by molar-refractivity contribution is 6.08. The molecule has 0 atom stereocenters. The molecule has 0 spiro atoms. The number of carboxylic acid groups (broad SMARTS) is 1. The first-order valence-electron chi connectivity index (χ1n) is 5.87. The number of aryl methyl sites for hydroxylation is 1. The van der Waals surface area contributed by atoms with Gasteiger partial charge in [0.25, 0.3) is 5.91 Å². The van der Waals surface area contributed by atoms with Gasteiger partial charge in [-0.15, -0.1) is 0 Å². The fourth-order valence-electron chi connectivity index (χ4n) is 1.82. The van der Waals surface area contributed by atoms with Gasteiger partial charge in [0.05, 0.1) is 11.7 Å². The predicted octanol–water partition coefficient (Wildman–Crippen LogP) is 1.75. The van der Waals surface area contributed by atoms with Crippen molar-refractivity contribution in [3.63, 3.8) is 0 Å². The van der Waals surface area contributed by atoms with Crippen molar-refractivity contribution < 1.29 is 19.1 Å². The van der Waals surface area contributed by atoms with Crippen molar-refractivity contribution in [2.45, 2.75) is 6.92 Å². The van der Waals surface area contributed by atoms with Crippen LogP contribution < -0.4 is 10.4 Å². The van der Waals surface area contributed by atoms with Crippen LogP contribution in [0.3, 0.4) is 0 Å². The minimum Gasteiger partial charge on any atom is -0.545 e. The normalized spacial score (nSPS) is 10.1. The number of carbonyl (C=O) groups excluding carboxylic acids is 2. The summed E-state index contributed by atoms with van der Waals surface area (Å²) in [6, 6.07) is 9.69. The maximum atomic E-state index is 13.1. The molecule has 0 bridgehead atoms. The largest absolute Gasteiger partial charge is 0.545 e. The Balaban J connectivity index is 2.35. The van der Waals surface area contributed by atoms with Crippen molar-refractivity contribution in [3.05, 3.63) is 65.0 Å². The van der Waals surface area contributed by atoms with E-state index in [0.29, 0.717) is 5.56 Å². The lowest BCUT2D eigenvalue weighted by atomic mass is 10.1. The second kappa shape index (κ2) is 5.52. The number of anilines is 1. The molecule has 0 saturated heterocycles. The summed E-state index contributed by atoms with van der Waals surface area (Å²) in [5.41, 5.74) is 0.727. The molecule has 1 N–H and O–H groups in total. The molecule has 0 saturated carbocycles. The second-order valence-corrected chi connectivity index (χ2v) is 4.25. The van der Waals surface area contributed by atoms with Gasteiger partial charge < -0.3 is 15.2 Å². The SMILES string of the molecule is Cc1cccc(C(=O)[O-])c1NC(=O)c1cccc(F)c1. The van der Waals surface area contributed by atoms with Crippen molar-refractivity contribution in [2.75, 3.05) is 5.32 Å². The average molecular weight is 272 g/mol. The van der Waals surface area contributed by atoms with Gasteiger partial charge in [-0.25, -0.2) is 4.39 Å². The number of hydrogen-bond donors (Lipinski definition) is 1. The molecule has 1 amide bonds. The van der Waals surface area contributed by atoms with Crippen molar-refractivity contribution in [1.82, 2.24) is 0 Å². The van der Waals surface area contributed by atoms with Crippen molar-refractivity contribution in [3.8, 4) is 0 Å². The van der Waals surface area contributed by atoms with E-state index in [-0.39, 0.29) is 16.8 Å². The second-order valence-electron chi connectivity index (χ2n) is 4.25. The summed E-state index contributed by atoms with van der Waals surface area (Å²) < 4.78 is 13.1. The molecule has 0 fully saturated rings. The maximum Gasteiger partial charge on any atom is 0.255 e. The molecule has 0 radical (unpaired) electrons. The number of nitrogens with one attached hydrogen (secondary N) is 1. The minimum absolute atomic E-state index is 0.109. The monoisotopic (exact) mass is 272 g/mol. The van der Waals surface area contributed by atoms with E-state index >= 15 is 0 Å². The lowest BCUT2D eigenvalue weighted by molar-refractivity contribution is -0.254. The highest BCUT2D eigenvalue weighted by Crippen LogP contribution is 2.21. The summed E-state index contributed by atoms with van der Waals surface area (Å²) in [5.74, 6) is -2.51. The van der Waals surface area contributed by atoms with Gasteiger partial charge in [-0.1, -0.05) is 24.3 Å². The zero-order chi connectivity index (χ0) is 14.7. The maximum absolute atomic E-state index is 13.1. The van der Waals surface area contributed by atoms with Gasteiger partial charge in [0.15, 0.2) is 0 Å². The van der Waals surface area contributed by atoms with Crippen LogP contribution in [-0.4, -0.2) is 11.9 Å². The molecule has 2 aromatic rings. The van der Waals surface area contributed by atoms with Crippen LogP contribution in [0.15, 0.2) is 42.5 Å². The molecule has 0 aliphatic rings. The molecule has 0 aliphatic carbocycles. The Bertz CT molecular complexity index is 683. The van der Waals surface area contributed by atoms with E-state index in [1.807, 2.05) is 0 Å². The topological polar surface area (TPSA) is 69.2 Å². The molecule has 0 aromatic heterocycles. The number of para-hydroxylation sites is 1. The van der Waals surface area contributed by atoms with E-state index in [0.717, 1.165) is 6.07 Å². The van der Waals surface area contributed by atoms with E-state index in [9.17, 15) is 19.1 Å². The summed E-state index contributed by atoms with van der Waals surface area (Å²) in [6.45, 7) is 1.66. The Labute approximate surface area is 114 Å². The van der Waals surface area contributed by atoms with Crippen LogP contribution in [-0.2, 0) is 0 Å². The third kappa shape index (κ3) is 2.83. The zero-order valence-electron chi connectivity index (χ0n) is 10.6. The highest BCUT2D eigenvalue weighted by atomic mass is 19.1. The molecule has 0 heterocycles. The highest BCUT2D eigenvalue weighted by Gasteiger charge is 2.12. The van der Waals surface area contributed by atoms with E-state index in [1.165, 1.54) is 24.3 Å². The van der Waals surface area contributed by atoms with Crippen LogP contribution in [0, 0.1) is 12.7 Å². The Hall–Kier alpha value is -2.69. The van der Waals surface area contributed by atoms with Crippen LogP contribution in [0.4, 0.5) is 10.1 Å². The summed E-state index contributed by atoms with van der Waals surface area (Å²) in [4.78, 5) is 23.0. The fraction of sp³-hybridized carbons (Fsp3) is 0.0667. The fourth-order valence-corrected chi connectivity index (χ4v) is 1.82. The lowest BCUT2D eigenvalue weighted by Crippen LogP contribution is -2.25. The van der Waals surface area contributed by atoms with E-state index in [4.69, 9.17) is 0 Å². The smallest absolute Gasteiger partial charge is 0.255 e. The molecule has 0 aliphatic heterocycles. The third-order valence-electron chi connectivity index (χ3n) is 2.82. The Morgan fingerprint density at radius 2 is 1.85 bits per heavy atom. The van der Waals surface area contributed by atoms with Gasteiger partial charge >= 0.3 is 0 Å². The number of hydrogen-bond acceptors (Lipinski definition) is 3. The molecular weight excluding hydrogens is 261 g/mol. The summed E-state index contributed by atoms with van der Waals surface area (Å²) in [7, 11) is 0.